The van der Waals surface area contributed by atoms with Gasteiger partial charge in [0, 0.05) is 22.9 Å². The summed E-state index contributed by atoms with van der Waals surface area (Å²) in [6.07, 6.45) is 1.39. The lowest BCUT2D eigenvalue weighted by Crippen LogP contribution is -2.36. The molecule has 0 aliphatic carbocycles. The molecule has 28 heavy (non-hydrogen) atoms. The number of nitrogens with zero attached hydrogens (tertiary/aromatic N) is 2. The highest BCUT2D eigenvalue weighted by molar-refractivity contribution is 9.10. The van der Waals surface area contributed by atoms with Crippen molar-refractivity contribution in [1.82, 2.24) is 5.43 Å². The molecule has 2 heterocycles. The van der Waals surface area contributed by atoms with E-state index in [0.717, 1.165) is 9.86 Å². The monoisotopic (exact) mass is 445 g/mol. The number of hydrazone groups is 1. The fourth-order valence-electron chi connectivity index (χ4n) is 3.01. The van der Waals surface area contributed by atoms with Gasteiger partial charge in [0.15, 0.2) is 5.76 Å². The fourth-order valence-corrected chi connectivity index (χ4v) is 3.39. The molecule has 1 aromatic heterocycles. The molecule has 4 rings (SSSR count). The Morgan fingerprint density at radius 2 is 2.00 bits per heavy atom. The number of halogens is 2. The molecule has 3 aromatic rings. The van der Waals surface area contributed by atoms with Crippen molar-refractivity contribution in [1.29, 1.82) is 0 Å². The van der Waals surface area contributed by atoms with Crippen LogP contribution >= 0.6 is 15.9 Å². The first-order valence-corrected chi connectivity index (χ1v) is 9.54. The first kappa shape index (κ1) is 18.6. The van der Waals surface area contributed by atoms with E-state index in [-0.39, 0.29) is 11.6 Å². The smallest absolute Gasteiger partial charge is 0.307 e. The Kier molecular flexibility index (Phi) is 5.40. The second-order valence-corrected chi connectivity index (χ2v) is 7.22. The quantitative estimate of drug-likeness (QED) is 0.487. The zero-order valence-corrected chi connectivity index (χ0v) is 16.4. The van der Waals surface area contributed by atoms with Crippen molar-refractivity contribution in [2.75, 3.05) is 31.2 Å². The Morgan fingerprint density at radius 1 is 1.18 bits per heavy atom. The Morgan fingerprint density at radius 3 is 2.79 bits per heavy atom. The number of amides is 1. The van der Waals surface area contributed by atoms with E-state index >= 15 is 0 Å². The zero-order chi connectivity index (χ0) is 19.5. The molecule has 0 unspecified atom stereocenters. The second kappa shape index (κ2) is 8.12. The molecule has 0 spiro atoms. The molecule has 1 aliphatic rings. The summed E-state index contributed by atoms with van der Waals surface area (Å²) < 4.78 is 26.1. The third-order valence-electron chi connectivity index (χ3n) is 4.41. The Bertz CT molecular complexity index is 1040. The van der Waals surface area contributed by atoms with Gasteiger partial charge >= 0.3 is 5.91 Å². The molecule has 8 heteroatoms. The highest BCUT2D eigenvalue weighted by Gasteiger charge is 2.15. The van der Waals surface area contributed by atoms with Crippen LogP contribution in [0.5, 0.6) is 0 Å². The molecular weight excluding hydrogens is 429 g/mol. The highest BCUT2D eigenvalue weighted by Crippen LogP contribution is 2.23. The van der Waals surface area contributed by atoms with Crippen LogP contribution in [0.2, 0.25) is 0 Å². The normalized spacial score (nSPS) is 14.7. The predicted octanol–water partition coefficient (Wildman–Crippen LogP) is 3.93. The molecule has 1 fully saturated rings. The molecular formula is C20H17BrFN3O3. The average Bonchev–Trinajstić information content (AvgIpc) is 3.12. The van der Waals surface area contributed by atoms with Gasteiger partial charge in [0.25, 0.3) is 0 Å². The van der Waals surface area contributed by atoms with Crippen LogP contribution in [0.15, 0.2) is 56.5 Å². The number of fused-ring (bicyclic) bond motifs is 1. The Balaban J connectivity index is 1.42. The molecule has 1 N–H and O–H groups in total. The molecule has 1 aliphatic heterocycles. The molecule has 1 saturated heterocycles. The lowest BCUT2D eigenvalue weighted by Gasteiger charge is -2.29. The molecule has 0 atom stereocenters. The van der Waals surface area contributed by atoms with Crippen molar-refractivity contribution >= 4 is 44.7 Å². The summed E-state index contributed by atoms with van der Waals surface area (Å²) in [7, 11) is 0. The standard InChI is InChI=1S/C20H17BrFN3O3/c21-15-2-4-18-14(10-15)11-19(28-18)20(26)24-23-12-13-1-3-17(16(22)9-13)25-5-7-27-8-6-25/h1-4,9-12H,5-8H2,(H,24,26)/b23-12+. The van der Waals surface area contributed by atoms with Crippen molar-refractivity contribution in [2.45, 2.75) is 0 Å². The number of carbonyl (C=O) groups is 1. The van der Waals surface area contributed by atoms with Crippen molar-refractivity contribution in [3.05, 3.63) is 64.1 Å². The third-order valence-corrected chi connectivity index (χ3v) is 4.90. The van der Waals surface area contributed by atoms with Gasteiger partial charge in [-0.1, -0.05) is 22.0 Å². The summed E-state index contributed by atoms with van der Waals surface area (Å²) in [5.74, 6) is -0.659. The topological polar surface area (TPSA) is 67.1 Å². The van der Waals surface area contributed by atoms with E-state index in [1.165, 1.54) is 12.3 Å². The van der Waals surface area contributed by atoms with Crippen LogP contribution in [0.3, 0.4) is 0 Å². The molecule has 1 amide bonds. The van der Waals surface area contributed by atoms with Gasteiger partial charge in [-0.25, -0.2) is 9.82 Å². The maximum Gasteiger partial charge on any atom is 0.307 e. The van der Waals surface area contributed by atoms with E-state index in [4.69, 9.17) is 9.15 Å². The minimum Gasteiger partial charge on any atom is -0.451 e. The summed E-state index contributed by atoms with van der Waals surface area (Å²) in [6.45, 7) is 2.50. The second-order valence-electron chi connectivity index (χ2n) is 6.30. The molecule has 0 bridgehead atoms. The van der Waals surface area contributed by atoms with Crippen LogP contribution in [0, 0.1) is 5.82 Å². The van der Waals surface area contributed by atoms with E-state index in [2.05, 4.69) is 26.5 Å². The van der Waals surface area contributed by atoms with Crippen molar-refractivity contribution < 1.29 is 18.3 Å². The fraction of sp³-hybridized carbons (Fsp3) is 0.200. The van der Waals surface area contributed by atoms with Crippen LogP contribution < -0.4 is 10.3 Å². The minimum absolute atomic E-state index is 0.152. The first-order chi connectivity index (χ1) is 13.6. The molecule has 0 saturated carbocycles. The third kappa shape index (κ3) is 4.07. The van der Waals surface area contributed by atoms with Crippen LogP contribution in [0.25, 0.3) is 11.0 Å². The number of benzene rings is 2. The van der Waals surface area contributed by atoms with Gasteiger partial charge in [-0.2, -0.15) is 5.10 Å². The molecule has 0 radical (unpaired) electrons. The highest BCUT2D eigenvalue weighted by atomic mass is 79.9. The summed E-state index contributed by atoms with van der Waals surface area (Å²) >= 11 is 3.38. The van der Waals surface area contributed by atoms with Gasteiger partial charge in [-0.3, -0.25) is 4.79 Å². The predicted molar refractivity (Wildman–Crippen MR) is 108 cm³/mol. The number of hydrogen-bond donors (Lipinski definition) is 1. The molecule has 144 valence electrons. The van der Waals surface area contributed by atoms with E-state index < -0.39 is 5.91 Å². The van der Waals surface area contributed by atoms with Crippen molar-refractivity contribution in [3.8, 4) is 0 Å². The number of ether oxygens (including phenoxy) is 1. The summed E-state index contributed by atoms with van der Waals surface area (Å²) in [5, 5.41) is 4.70. The van der Waals surface area contributed by atoms with Crippen LogP contribution in [0.4, 0.5) is 10.1 Å². The summed E-state index contributed by atoms with van der Waals surface area (Å²) in [4.78, 5) is 14.1. The number of nitrogens with one attached hydrogen (secondary N) is 1. The van der Waals surface area contributed by atoms with Crippen LogP contribution in [0.1, 0.15) is 16.1 Å². The van der Waals surface area contributed by atoms with Crippen molar-refractivity contribution in [2.24, 2.45) is 5.10 Å². The van der Waals surface area contributed by atoms with E-state index in [9.17, 15) is 9.18 Å². The van der Waals surface area contributed by atoms with Gasteiger partial charge in [0.1, 0.15) is 11.4 Å². The number of anilines is 1. The summed E-state index contributed by atoms with van der Waals surface area (Å²) in [6, 6.07) is 12.0. The van der Waals surface area contributed by atoms with Crippen LogP contribution in [-0.2, 0) is 4.74 Å². The number of rotatable bonds is 4. The molecule has 2 aromatic carbocycles. The number of hydrogen-bond acceptors (Lipinski definition) is 5. The number of carbonyl (C=O) groups excluding carboxylic acids is 1. The zero-order valence-electron chi connectivity index (χ0n) is 14.8. The van der Waals surface area contributed by atoms with E-state index in [1.54, 1.807) is 24.3 Å². The van der Waals surface area contributed by atoms with Crippen LogP contribution in [-0.4, -0.2) is 38.4 Å². The van der Waals surface area contributed by atoms with Gasteiger partial charge in [0.2, 0.25) is 0 Å². The van der Waals surface area contributed by atoms with Gasteiger partial charge in [-0.05, 0) is 42.0 Å². The summed E-state index contributed by atoms with van der Waals surface area (Å²) in [5.41, 5.74) is 4.09. The lowest BCUT2D eigenvalue weighted by atomic mass is 10.2. The largest absolute Gasteiger partial charge is 0.451 e. The Labute approximate surface area is 169 Å². The minimum atomic E-state index is -0.478. The van der Waals surface area contributed by atoms with E-state index in [0.29, 0.717) is 43.1 Å². The van der Waals surface area contributed by atoms with E-state index in [1.807, 2.05) is 17.0 Å². The number of furan rings is 1. The Hall–Kier alpha value is -2.71. The number of morpholine rings is 1. The van der Waals surface area contributed by atoms with Gasteiger partial charge in [-0.15, -0.1) is 0 Å². The SMILES string of the molecule is O=C(N/N=C/c1ccc(N2CCOCC2)c(F)c1)c1cc2cc(Br)ccc2o1. The first-order valence-electron chi connectivity index (χ1n) is 8.75. The lowest BCUT2D eigenvalue weighted by molar-refractivity contribution is 0.0929. The average molecular weight is 446 g/mol. The molecule has 6 nitrogen and oxygen atoms in total. The maximum absolute atomic E-state index is 14.4. The maximum atomic E-state index is 14.4. The van der Waals surface area contributed by atoms with Gasteiger partial charge < -0.3 is 14.1 Å². The van der Waals surface area contributed by atoms with Crippen molar-refractivity contribution in [3.63, 3.8) is 0 Å². The van der Waals surface area contributed by atoms with Gasteiger partial charge in [0.05, 0.1) is 25.1 Å².